The third-order valence-corrected chi connectivity index (χ3v) is 3.56. The molecule has 0 unspecified atom stereocenters. The van der Waals surface area contributed by atoms with E-state index in [4.69, 9.17) is 15.0 Å². The van der Waals surface area contributed by atoms with E-state index in [2.05, 4.69) is 5.11 Å². The summed E-state index contributed by atoms with van der Waals surface area (Å²) in [6.07, 6.45) is 0.811. The van der Waals surface area contributed by atoms with Crippen LogP contribution in [0.2, 0.25) is 0 Å². The number of amides is 1. The van der Waals surface area contributed by atoms with Gasteiger partial charge in [-0.25, -0.2) is 15.1 Å². The molecule has 1 aliphatic heterocycles. The summed E-state index contributed by atoms with van der Waals surface area (Å²) in [5.74, 6) is -0.0546. The molecule has 1 saturated heterocycles. The van der Waals surface area contributed by atoms with Gasteiger partial charge < -0.3 is 9.47 Å². The van der Waals surface area contributed by atoms with Gasteiger partial charge in [-0.05, 0) is 51.3 Å². The topological polar surface area (TPSA) is 92.1 Å². The highest BCUT2D eigenvalue weighted by atomic mass is 16.6. The Morgan fingerprint density at radius 1 is 1.29 bits per heavy atom. The largest absolute Gasteiger partial charge is 0.444 e. The first-order valence-electron chi connectivity index (χ1n) is 7.93. The first-order chi connectivity index (χ1) is 11.3. The molecule has 130 valence electrons. The number of nitrogens with zero attached hydrogens (tertiary/aromatic N) is 2. The standard InChI is InChI=1S/C17H23N3O4/c1-17(2,3)24-16(22)20-10-4-5-14(20)15(21)23-13-8-6-12(7-9-13)11-19-18/h6-9,14,18H,4-5,10-11H2,1-3H3/t14-/m0/s1. The molecule has 1 aromatic carbocycles. The fourth-order valence-electron chi connectivity index (χ4n) is 2.49. The van der Waals surface area contributed by atoms with Crippen LogP contribution < -0.4 is 4.74 Å². The Morgan fingerprint density at radius 2 is 1.96 bits per heavy atom. The molecule has 24 heavy (non-hydrogen) atoms. The lowest BCUT2D eigenvalue weighted by Gasteiger charge is -2.27. The van der Waals surface area contributed by atoms with Crippen molar-refractivity contribution in [2.24, 2.45) is 5.11 Å². The zero-order chi connectivity index (χ0) is 17.7. The molecule has 1 aliphatic rings. The number of hydrogen-bond acceptors (Lipinski definition) is 6. The van der Waals surface area contributed by atoms with Crippen LogP contribution in [-0.4, -0.2) is 35.2 Å². The molecule has 1 atom stereocenters. The van der Waals surface area contributed by atoms with Crippen molar-refractivity contribution in [3.63, 3.8) is 0 Å². The molecule has 7 nitrogen and oxygen atoms in total. The molecule has 1 aromatic rings. The maximum atomic E-state index is 12.4. The second-order valence-corrected chi connectivity index (χ2v) is 6.71. The van der Waals surface area contributed by atoms with Crippen LogP contribution in [0, 0.1) is 5.53 Å². The highest BCUT2D eigenvalue weighted by molar-refractivity contribution is 5.83. The number of carbonyl (C=O) groups is 2. The summed E-state index contributed by atoms with van der Waals surface area (Å²) >= 11 is 0. The molecule has 1 amide bonds. The van der Waals surface area contributed by atoms with Gasteiger partial charge in [0, 0.05) is 6.54 Å². The van der Waals surface area contributed by atoms with E-state index in [1.165, 1.54) is 4.90 Å². The zero-order valence-electron chi connectivity index (χ0n) is 14.2. The molecule has 1 fully saturated rings. The Hall–Kier alpha value is -2.44. The Bertz CT molecular complexity index is 607. The van der Waals surface area contributed by atoms with Crippen molar-refractivity contribution < 1.29 is 19.1 Å². The fourth-order valence-corrected chi connectivity index (χ4v) is 2.49. The molecule has 2 rings (SSSR count). The molecule has 0 radical (unpaired) electrons. The summed E-state index contributed by atoms with van der Waals surface area (Å²) in [4.78, 5) is 26.0. The van der Waals surface area contributed by atoms with Gasteiger partial charge in [0.2, 0.25) is 0 Å². The van der Waals surface area contributed by atoms with E-state index in [0.717, 1.165) is 12.0 Å². The van der Waals surface area contributed by atoms with Gasteiger partial charge in [-0.2, -0.15) is 5.11 Å². The Balaban J connectivity index is 2.00. The molecule has 0 aromatic heterocycles. The lowest BCUT2D eigenvalue weighted by molar-refractivity contribution is -0.139. The Labute approximate surface area is 141 Å². The predicted molar refractivity (Wildman–Crippen MR) is 86.9 cm³/mol. The second-order valence-electron chi connectivity index (χ2n) is 6.71. The van der Waals surface area contributed by atoms with Crippen molar-refractivity contribution in [3.8, 4) is 5.75 Å². The second kappa shape index (κ2) is 7.42. The van der Waals surface area contributed by atoms with E-state index in [1.807, 2.05) is 0 Å². The Morgan fingerprint density at radius 3 is 2.54 bits per heavy atom. The Kier molecular flexibility index (Phi) is 5.54. The fraction of sp³-hybridized carbons (Fsp3) is 0.529. The first-order valence-corrected chi connectivity index (χ1v) is 7.93. The number of rotatable bonds is 4. The SMILES string of the molecule is CC(C)(C)OC(=O)N1CCC[C@H]1C(=O)Oc1ccc(CN=N)cc1. The maximum Gasteiger partial charge on any atom is 0.411 e. The van der Waals surface area contributed by atoms with E-state index in [-0.39, 0.29) is 0 Å². The molecular weight excluding hydrogens is 310 g/mol. The van der Waals surface area contributed by atoms with Crippen LogP contribution in [0.4, 0.5) is 4.79 Å². The van der Waals surface area contributed by atoms with E-state index in [1.54, 1.807) is 45.0 Å². The predicted octanol–water partition coefficient (Wildman–Crippen LogP) is 3.52. The number of ether oxygens (including phenoxy) is 2. The van der Waals surface area contributed by atoms with E-state index < -0.39 is 23.7 Å². The average molecular weight is 333 g/mol. The molecule has 1 heterocycles. The van der Waals surface area contributed by atoms with Crippen molar-refractivity contribution in [1.82, 2.24) is 4.90 Å². The average Bonchev–Trinajstić information content (AvgIpc) is 2.97. The third-order valence-electron chi connectivity index (χ3n) is 3.56. The minimum atomic E-state index is -0.622. The van der Waals surface area contributed by atoms with Gasteiger partial charge in [0.15, 0.2) is 0 Å². The van der Waals surface area contributed by atoms with Gasteiger partial charge in [0.1, 0.15) is 17.4 Å². The van der Waals surface area contributed by atoms with E-state index >= 15 is 0 Å². The minimum absolute atomic E-state index is 0.295. The monoisotopic (exact) mass is 333 g/mol. The lowest BCUT2D eigenvalue weighted by Crippen LogP contribution is -2.44. The van der Waals surface area contributed by atoms with Crippen molar-refractivity contribution in [2.45, 2.75) is 51.8 Å². The quantitative estimate of drug-likeness (QED) is 0.518. The number of nitrogens with one attached hydrogen (secondary N) is 1. The number of benzene rings is 1. The van der Waals surface area contributed by atoms with Crippen LogP contribution in [0.25, 0.3) is 0 Å². The minimum Gasteiger partial charge on any atom is -0.444 e. The summed E-state index contributed by atoms with van der Waals surface area (Å²) in [6.45, 7) is 6.15. The summed E-state index contributed by atoms with van der Waals surface area (Å²) in [6, 6.07) is 6.20. The molecular formula is C17H23N3O4. The lowest BCUT2D eigenvalue weighted by atomic mass is 10.2. The van der Waals surface area contributed by atoms with Gasteiger partial charge in [0.25, 0.3) is 0 Å². The number of esters is 1. The van der Waals surface area contributed by atoms with Crippen molar-refractivity contribution in [3.05, 3.63) is 29.8 Å². The van der Waals surface area contributed by atoms with Crippen molar-refractivity contribution in [2.75, 3.05) is 6.54 Å². The van der Waals surface area contributed by atoms with Crippen LogP contribution >= 0.6 is 0 Å². The highest BCUT2D eigenvalue weighted by Crippen LogP contribution is 2.23. The highest BCUT2D eigenvalue weighted by Gasteiger charge is 2.37. The summed E-state index contributed by atoms with van der Waals surface area (Å²) in [5, 5.41) is 3.30. The van der Waals surface area contributed by atoms with Crippen molar-refractivity contribution >= 4 is 12.1 Å². The van der Waals surface area contributed by atoms with E-state index in [0.29, 0.717) is 25.3 Å². The van der Waals surface area contributed by atoms with Crippen molar-refractivity contribution in [1.29, 1.82) is 5.53 Å². The maximum absolute atomic E-state index is 12.4. The number of likely N-dealkylation sites (tertiary alicyclic amines) is 1. The molecule has 0 aliphatic carbocycles. The zero-order valence-corrected chi connectivity index (χ0v) is 14.2. The van der Waals surface area contributed by atoms with Crippen LogP contribution in [0.1, 0.15) is 39.2 Å². The first kappa shape index (κ1) is 17.9. The van der Waals surface area contributed by atoms with Crippen LogP contribution in [0.5, 0.6) is 5.75 Å². The normalized spacial score (nSPS) is 17.5. The molecule has 0 bridgehead atoms. The third kappa shape index (κ3) is 4.78. The molecule has 0 saturated carbocycles. The van der Waals surface area contributed by atoms with Crippen LogP contribution in [0.15, 0.2) is 29.4 Å². The van der Waals surface area contributed by atoms with Crippen LogP contribution in [0.3, 0.4) is 0 Å². The smallest absolute Gasteiger partial charge is 0.411 e. The molecule has 7 heteroatoms. The number of hydrogen-bond donors (Lipinski definition) is 1. The summed E-state index contributed by atoms with van der Waals surface area (Å²) in [7, 11) is 0. The van der Waals surface area contributed by atoms with Gasteiger partial charge in [0.05, 0.1) is 6.54 Å². The molecule has 0 spiro atoms. The van der Waals surface area contributed by atoms with Gasteiger partial charge in [-0.3, -0.25) is 4.90 Å². The summed E-state index contributed by atoms with van der Waals surface area (Å²) in [5.41, 5.74) is 7.09. The summed E-state index contributed by atoms with van der Waals surface area (Å²) < 4.78 is 10.7. The van der Waals surface area contributed by atoms with Gasteiger partial charge >= 0.3 is 12.1 Å². The molecule has 1 N–H and O–H groups in total. The van der Waals surface area contributed by atoms with Crippen LogP contribution in [-0.2, 0) is 16.1 Å². The number of carbonyl (C=O) groups excluding carboxylic acids is 2. The van der Waals surface area contributed by atoms with Gasteiger partial charge in [-0.1, -0.05) is 12.1 Å². The van der Waals surface area contributed by atoms with E-state index in [9.17, 15) is 9.59 Å². The van der Waals surface area contributed by atoms with Gasteiger partial charge in [-0.15, -0.1) is 0 Å².